The van der Waals surface area contributed by atoms with E-state index in [1.807, 2.05) is 27.9 Å². The maximum absolute atomic E-state index is 12.7. The Morgan fingerprint density at radius 1 is 1.00 bits per heavy atom. The first-order valence-electron chi connectivity index (χ1n) is 5.89. The lowest BCUT2D eigenvalue weighted by Gasteiger charge is -2.40. The molecule has 2 fully saturated rings. The summed E-state index contributed by atoms with van der Waals surface area (Å²) in [5, 5.41) is 6.63. The Morgan fingerprint density at radius 2 is 1.38 bits per heavy atom. The van der Waals surface area contributed by atoms with Gasteiger partial charge in [-0.2, -0.15) is 0 Å². The molecule has 2 atom stereocenters. The minimum absolute atomic E-state index is 0.208. The summed E-state index contributed by atoms with van der Waals surface area (Å²) >= 11 is 0. The fourth-order valence-corrected chi connectivity index (χ4v) is 2.63. The molecule has 0 amide bonds. The van der Waals surface area contributed by atoms with Crippen molar-refractivity contribution in [3.05, 3.63) is 0 Å². The summed E-state index contributed by atoms with van der Waals surface area (Å²) in [6.45, 7) is 7.53. The predicted molar refractivity (Wildman–Crippen MR) is 63.1 cm³/mol. The van der Waals surface area contributed by atoms with Gasteiger partial charge < -0.3 is 0 Å². The number of nitrogens with zero attached hydrogens (tertiary/aromatic N) is 2. The molecule has 2 aliphatic rings. The normalized spacial score (nSPS) is 41.8. The van der Waals surface area contributed by atoms with Gasteiger partial charge in [0.05, 0.1) is 0 Å². The van der Waals surface area contributed by atoms with Gasteiger partial charge >= 0.3 is 0 Å². The molecule has 2 N–H and O–H groups in total. The summed E-state index contributed by atoms with van der Waals surface area (Å²) in [6, 6.07) is 0. The summed E-state index contributed by atoms with van der Waals surface area (Å²) < 4.78 is 0. The third-order valence-corrected chi connectivity index (χ3v) is 4.24. The van der Waals surface area contributed by atoms with Crippen LogP contribution in [0.5, 0.6) is 0 Å². The summed E-state index contributed by atoms with van der Waals surface area (Å²) in [6.07, 6.45) is 0. The summed E-state index contributed by atoms with van der Waals surface area (Å²) in [4.78, 5) is 16.9. The van der Waals surface area contributed by atoms with Gasteiger partial charge in [-0.3, -0.25) is 25.2 Å². The van der Waals surface area contributed by atoms with Crippen LogP contribution in [0.4, 0.5) is 0 Å². The molecule has 0 aromatic carbocycles. The van der Waals surface area contributed by atoms with E-state index < -0.39 is 11.3 Å². The second-order valence-electron chi connectivity index (χ2n) is 5.17. The van der Waals surface area contributed by atoms with E-state index in [9.17, 15) is 4.79 Å². The minimum Gasteiger partial charge on any atom is -0.292 e. The van der Waals surface area contributed by atoms with Crippen molar-refractivity contribution < 1.29 is 4.79 Å². The average Bonchev–Trinajstić information content (AvgIpc) is 2.74. The first-order chi connectivity index (χ1) is 7.41. The van der Waals surface area contributed by atoms with Crippen LogP contribution in [0.3, 0.4) is 0 Å². The zero-order valence-corrected chi connectivity index (χ0v) is 10.6. The molecule has 5 nitrogen and oxygen atoms in total. The molecule has 0 aromatic heterocycles. The Bertz CT molecular complexity index is 280. The highest BCUT2D eigenvalue weighted by atomic mass is 16.1. The fourth-order valence-electron chi connectivity index (χ4n) is 2.63. The van der Waals surface area contributed by atoms with Gasteiger partial charge in [0.15, 0.2) is 0 Å². The van der Waals surface area contributed by atoms with Crippen molar-refractivity contribution in [2.24, 2.45) is 0 Å². The predicted octanol–water partition coefficient (Wildman–Crippen LogP) is -0.942. The molecule has 5 heteroatoms. The van der Waals surface area contributed by atoms with Crippen LogP contribution >= 0.6 is 0 Å². The third kappa shape index (κ3) is 1.50. The summed E-state index contributed by atoms with van der Waals surface area (Å²) in [5.74, 6) is 0.208. The van der Waals surface area contributed by atoms with E-state index in [0.717, 1.165) is 26.2 Å². The maximum Gasteiger partial charge on any atom is 0.201 e. The molecule has 0 radical (unpaired) electrons. The molecule has 92 valence electrons. The van der Waals surface area contributed by atoms with Gasteiger partial charge in [0, 0.05) is 26.2 Å². The van der Waals surface area contributed by atoms with Gasteiger partial charge in [-0.05, 0) is 27.9 Å². The number of carbonyl (C=O) groups is 1. The van der Waals surface area contributed by atoms with E-state index in [2.05, 4.69) is 20.4 Å². The average molecular weight is 226 g/mol. The van der Waals surface area contributed by atoms with Crippen LogP contribution in [-0.4, -0.2) is 67.2 Å². The van der Waals surface area contributed by atoms with Gasteiger partial charge in [0.25, 0.3) is 0 Å². The first kappa shape index (κ1) is 12.0. The summed E-state index contributed by atoms with van der Waals surface area (Å²) in [5.41, 5.74) is -1.08. The zero-order valence-electron chi connectivity index (χ0n) is 10.6. The Hall–Kier alpha value is -0.490. The number of Topliss-reactive ketones (excluding diaryl/α,β-unsaturated/α-hetero) is 1. The largest absolute Gasteiger partial charge is 0.292 e. The van der Waals surface area contributed by atoms with Crippen molar-refractivity contribution >= 4 is 5.78 Å². The van der Waals surface area contributed by atoms with Crippen molar-refractivity contribution in [1.29, 1.82) is 0 Å². The SMILES string of the molecule is CN1CCNC1(C)C(=O)C1(C)NCCN1C. The molecule has 0 aromatic rings. The van der Waals surface area contributed by atoms with Gasteiger partial charge in [-0.25, -0.2) is 0 Å². The molecule has 2 unspecified atom stereocenters. The van der Waals surface area contributed by atoms with E-state index in [4.69, 9.17) is 0 Å². The van der Waals surface area contributed by atoms with Crippen molar-refractivity contribution in [3.63, 3.8) is 0 Å². The Morgan fingerprint density at radius 3 is 1.62 bits per heavy atom. The van der Waals surface area contributed by atoms with Gasteiger partial charge in [0.2, 0.25) is 5.78 Å². The third-order valence-electron chi connectivity index (χ3n) is 4.24. The molecule has 0 bridgehead atoms. The van der Waals surface area contributed by atoms with Crippen LogP contribution in [-0.2, 0) is 4.79 Å². The topological polar surface area (TPSA) is 47.6 Å². The van der Waals surface area contributed by atoms with Crippen molar-refractivity contribution in [2.75, 3.05) is 40.3 Å². The van der Waals surface area contributed by atoms with Crippen LogP contribution in [0.25, 0.3) is 0 Å². The standard InChI is InChI=1S/C11H22N4O/c1-10(12-5-7-14(10)3)9(16)11(2)13-6-8-15(11)4/h12-13H,5-8H2,1-4H3. The highest BCUT2D eigenvalue weighted by Gasteiger charge is 2.52. The van der Waals surface area contributed by atoms with Crippen molar-refractivity contribution in [2.45, 2.75) is 25.2 Å². The quantitative estimate of drug-likeness (QED) is 0.636. The van der Waals surface area contributed by atoms with Crippen LogP contribution in [0.1, 0.15) is 13.8 Å². The number of hydrogen-bond acceptors (Lipinski definition) is 5. The van der Waals surface area contributed by atoms with Crippen LogP contribution in [0.15, 0.2) is 0 Å². The number of carbonyl (C=O) groups excluding carboxylic acids is 1. The number of nitrogens with one attached hydrogen (secondary N) is 2. The molecule has 2 aliphatic heterocycles. The number of likely N-dealkylation sites (N-methyl/N-ethyl adjacent to an activating group) is 2. The van der Waals surface area contributed by atoms with E-state index >= 15 is 0 Å². The first-order valence-corrected chi connectivity index (χ1v) is 5.89. The van der Waals surface area contributed by atoms with Crippen LogP contribution < -0.4 is 10.6 Å². The minimum atomic E-state index is -0.541. The second kappa shape index (κ2) is 3.77. The smallest absolute Gasteiger partial charge is 0.201 e. The molecule has 0 saturated carbocycles. The second-order valence-corrected chi connectivity index (χ2v) is 5.17. The van der Waals surface area contributed by atoms with E-state index in [-0.39, 0.29) is 5.78 Å². The monoisotopic (exact) mass is 226 g/mol. The molecule has 0 aliphatic carbocycles. The highest BCUT2D eigenvalue weighted by Crippen LogP contribution is 2.26. The van der Waals surface area contributed by atoms with E-state index in [1.165, 1.54) is 0 Å². The highest BCUT2D eigenvalue weighted by molar-refractivity contribution is 5.95. The van der Waals surface area contributed by atoms with Gasteiger partial charge in [-0.1, -0.05) is 0 Å². The Balaban J connectivity index is 2.24. The number of rotatable bonds is 2. The zero-order chi connectivity index (χ0) is 12.0. The molecular weight excluding hydrogens is 204 g/mol. The van der Waals surface area contributed by atoms with Crippen molar-refractivity contribution in [1.82, 2.24) is 20.4 Å². The lowest BCUT2D eigenvalue weighted by atomic mass is 9.95. The molecule has 2 saturated heterocycles. The molecule has 0 spiro atoms. The lowest BCUT2D eigenvalue weighted by molar-refractivity contribution is -0.140. The molecule has 16 heavy (non-hydrogen) atoms. The van der Waals surface area contributed by atoms with Gasteiger partial charge in [-0.15, -0.1) is 0 Å². The van der Waals surface area contributed by atoms with E-state index in [0.29, 0.717) is 0 Å². The number of hydrogen-bond donors (Lipinski definition) is 2. The molecule has 2 heterocycles. The Kier molecular flexibility index (Phi) is 2.82. The lowest BCUT2D eigenvalue weighted by Crippen LogP contribution is -2.67. The van der Waals surface area contributed by atoms with Crippen LogP contribution in [0.2, 0.25) is 0 Å². The molecule has 2 rings (SSSR count). The fraction of sp³-hybridized carbons (Fsp3) is 0.909. The summed E-state index contributed by atoms with van der Waals surface area (Å²) in [7, 11) is 3.99. The van der Waals surface area contributed by atoms with Gasteiger partial charge in [0.1, 0.15) is 11.3 Å². The van der Waals surface area contributed by atoms with E-state index in [1.54, 1.807) is 0 Å². The molecular formula is C11H22N4O. The number of ketones is 1. The Labute approximate surface area is 97.2 Å². The van der Waals surface area contributed by atoms with Crippen molar-refractivity contribution in [3.8, 4) is 0 Å². The van der Waals surface area contributed by atoms with Crippen LogP contribution in [0, 0.1) is 0 Å². The maximum atomic E-state index is 12.7.